The third kappa shape index (κ3) is 11.1. The highest BCUT2D eigenvalue weighted by atomic mass is 16.1. The summed E-state index contributed by atoms with van der Waals surface area (Å²) in [5.41, 5.74) is 3.11. The largest absolute Gasteiger partial charge is 0.384 e. The van der Waals surface area contributed by atoms with Crippen LogP contribution in [0.3, 0.4) is 0 Å². The molecule has 0 aromatic heterocycles. The van der Waals surface area contributed by atoms with Crippen molar-refractivity contribution in [3.05, 3.63) is 42.0 Å². The van der Waals surface area contributed by atoms with Crippen LogP contribution in [0, 0.1) is 0 Å². The van der Waals surface area contributed by atoms with E-state index < -0.39 is 0 Å². The monoisotopic (exact) mass is 357 g/mol. The fourth-order valence-electron chi connectivity index (χ4n) is 3.29. The van der Waals surface area contributed by atoms with Crippen LogP contribution in [0.2, 0.25) is 0 Å². The number of hydrogen-bond donors (Lipinski definition) is 1. The minimum Gasteiger partial charge on any atom is -0.384 e. The molecule has 1 aromatic rings. The van der Waals surface area contributed by atoms with Crippen LogP contribution in [0.4, 0.5) is 5.69 Å². The first kappa shape index (κ1) is 22.5. The maximum Gasteiger partial charge on any atom is 0.152 e. The fraction of sp³-hybridized carbons (Fsp3) is 0.625. The Hall–Kier alpha value is -1.57. The molecule has 0 aliphatic rings. The second kappa shape index (κ2) is 15.7. The lowest BCUT2D eigenvalue weighted by molar-refractivity contribution is 0.112. The van der Waals surface area contributed by atoms with Crippen LogP contribution >= 0.6 is 0 Å². The van der Waals surface area contributed by atoms with Gasteiger partial charge in [0.25, 0.3) is 0 Å². The van der Waals surface area contributed by atoms with Crippen molar-refractivity contribution in [1.29, 1.82) is 0 Å². The third-order valence-electron chi connectivity index (χ3n) is 4.99. The van der Waals surface area contributed by atoms with Gasteiger partial charge in [0, 0.05) is 17.8 Å². The summed E-state index contributed by atoms with van der Waals surface area (Å²) >= 11 is 0. The van der Waals surface area contributed by atoms with Crippen molar-refractivity contribution in [3.8, 4) is 0 Å². The molecule has 26 heavy (non-hydrogen) atoms. The predicted octanol–water partition coefficient (Wildman–Crippen LogP) is 7.56. The molecule has 0 aliphatic carbocycles. The topological polar surface area (TPSA) is 29.1 Å². The summed E-state index contributed by atoms with van der Waals surface area (Å²) in [7, 11) is 0. The summed E-state index contributed by atoms with van der Waals surface area (Å²) < 4.78 is 0. The van der Waals surface area contributed by atoms with Gasteiger partial charge in [0.15, 0.2) is 6.29 Å². The van der Waals surface area contributed by atoms with Crippen LogP contribution in [0.25, 0.3) is 0 Å². The molecule has 146 valence electrons. The van der Waals surface area contributed by atoms with E-state index in [0.29, 0.717) is 0 Å². The minimum absolute atomic E-state index is 0.742. The van der Waals surface area contributed by atoms with Gasteiger partial charge in [0.1, 0.15) is 0 Å². The number of hydrogen-bond acceptors (Lipinski definition) is 2. The molecule has 2 nitrogen and oxygen atoms in total. The van der Waals surface area contributed by atoms with E-state index in [0.717, 1.165) is 30.5 Å². The number of anilines is 1. The quantitative estimate of drug-likeness (QED) is 0.177. The molecule has 0 heterocycles. The Morgan fingerprint density at radius 1 is 0.885 bits per heavy atom. The molecular weight excluding hydrogens is 318 g/mol. The third-order valence-corrected chi connectivity index (χ3v) is 4.99. The van der Waals surface area contributed by atoms with E-state index in [-0.39, 0.29) is 0 Å². The van der Waals surface area contributed by atoms with Crippen LogP contribution in [0.15, 0.2) is 36.4 Å². The van der Waals surface area contributed by atoms with Crippen molar-refractivity contribution in [1.82, 2.24) is 0 Å². The zero-order chi connectivity index (χ0) is 18.9. The normalized spacial score (nSPS) is 10.7. The van der Waals surface area contributed by atoms with E-state index in [2.05, 4.69) is 18.8 Å². The molecule has 0 amide bonds. The Morgan fingerprint density at radius 3 is 2.12 bits per heavy atom. The van der Waals surface area contributed by atoms with Crippen LogP contribution in [0.1, 0.15) is 101 Å². The molecule has 0 atom stereocenters. The van der Waals surface area contributed by atoms with Gasteiger partial charge in [-0.1, -0.05) is 82.6 Å². The molecule has 0 bridgehead atoms. The average molecular weight is 358 g/mol. The highest BCUT2D eigenvalue weighted by Crippen LogP contribution is 2.17. The number of unbranched alkanes of at least 4 members (excludes halogenated alkanes) is 9. The van der Waals surface area contributed by atoms with E-state index >= 15 is 0 Å². The first-order chi connectivity index (χ1) is 12.8. The van der Waals surface area contributed by atoms with E-state index in [1.54, 1.807) is 0 Å². The summed E-state index contributed by atoms with van der Waals surface area (Å²) in [6.07, 6.45) is 17.9. The van der Waals surface area contributed by atoms with Gasteiger partial charge >= 0.3 is 0 Å². The second-order valence-electron chi connectivity index (χ2n) is 7.42. The van der Waals surface area contributed by atoms with Gasteiger partial charge in [-0.3, -0.25) is 4.79 Å². The Morgan fingerprint density at radius 2 is 1.46 bits per heavy atom. The molecular formula is C24H39NO. The number of aldehydes is 1. The molecule has 1 aromatic carbocycles. The Kier molecular flexibility index (Phi) is 13.5. The van der Waals surface area contributed by atoms with Crippen molar-refractivity contribution in [2.45, 2.75) is 90.4 Å². The van der Waals surface area contributed by atoms with Gasteiger partial charge in [0.2, 0.25) is 0 Å². The van der Waals surface area contributed by atoms with Gasteiger partial charge in [-0.15, -0.1) is 0 Å². The number of carbonyl (C=O) groups is 1. The summed E-state index contributed by atoms with van der Waals surface area (Å²) in [4.78, 5) is 11.0. The number of nitrogens with one attached hydrogen (secondary N) is 1. The molecule has 1 N–H and O–H groups in total. The SMILES string of the molecule is C=C(CCCCCCCCCC)CCCCCNc1ccccc1C=O. The summed E-state index contributed by atoms with van der Waals surface area (Å²) in [5, 5.41) is 3.37. The van der Waals surface area contributed by atoms with E-state index in [4.69, 9.17) is 0 Å². The molecule has 0 unspecified atom stereocenters. The van der Waals surface area contributed by atoms with Crippen molar-refractivity contribution < 1.29 is 4.79 Å². The lowest BCUT2D eigenvalue weighted by atomic mass is 10.0. The summed E-state index contributed by atoms with van der Waals surface area (Å²) in [6, 6.07) is 7.68. The van der Waals surface area contributed by atoms with E-state index in [1.807, 2.05) is 24.3 Å². The first-order valence-corrected chi connectivity index (χ1v) is 10.7. The van der Waals surface area contributed by atoms with Crippen LogP contribution in [-0.4, -0.2) is 12.8 Å². The number of para-hydroxylation sites is 1. The van der Waals surface area contributed by atoms with Crippen LogP contribution in [-0.2, 0) is 0 Å². The number of rotatable bonds is 17. The van der Waals surface area contributed by atoms with Gasteiger partial charge in [-0.05, 0) is 44.2 Å². The zero-order valence-corrected chi connectivity index (χ0v) is 16.9. The second-order valence-corrected chi connectivity index (χ2v) is 7.42. The average Bonchev–Trinajstić information content (AvgIpc) is 2.67. The molecule has 0 radical (unpaired) electrons. The van der Waals surface area contributed by atoms with Crippen molar-refractivity contribution in [3.63, 3.8) is 0 Å². The Labute approximate surface area is 161 Å². The summed E-state index contributed by atoms with van der Waals surface area (Å²) in [5.74, 6) is 0. The molecule has 0 spiro atoms. The fourth-order valence-corrected chi connectivity index (χ4v) is 3.29. The number of allylic oxidation sites excluding steroid dienone is 1. The van der Waals surface area contributed by atoms with Gasteiger partial charge < -0.3 is 5.32 Å². The standard InChI is InChI=1S/C24H39NO/c1-3-4-5-6-7-8-9-11-16-22(2)17-12-10-15-20-25-24-19-14-13-18-23(24)21-26/h13-14,18-19,21,25H,2-12,15-17,20H2,1H3. The van der Waals surface area contributed by atoms with Gasteiger partial charge in [-0.25, -0.2) is 0 Å². The van der Waals surface area contributed by atoms with Crippen molar-refractivity contribution in [2.24, 2.45) is 0 Å². The molecule has 2 heteroatoms. The smallest absolute Gasteiger partial charge is 0.152 e. The zero-order valence-electron chi connectivity index (χ0n) is 16.9. The molecule has 0 saturated carbocycles. The highest BCUT2D eigenvalue weighted by Gasteiger charge is 2.00. The van der Waals surface area contributed by atoms with Gasteiger partial charge in [0.05, 0.1) is 0 Å². The molecule has 0 saturated heterocycles. The summed E-state index contributed by atoms with van der Waals surface area (Å²) in [6.45, 7) is 7.45. The lowest BCUT2D eigenvalue weighted by Crippen LogP contribution is -2.03. The molecule has 1 rings (SSSR count). The Balaban J connectivity index is 1.93. The van der Waals surface area contributed by atoms with Crippen molar-refractivity contribution in [2.75, 3.05) is 11.9 Å². The maximum atomic E-state index is 11.0. The van der Waals surface area contributed by atoms with Gasteiger partial charge in [-0.2, -0.15) is 0 Å². The molecule has 0 fully saturated rings. The number of benzene rings is 1. The predicted molar refractivity (Wildman–Crippen MR) is 115 cm³/mol. The van der Waals surface area contributed by atoms with E-state index in [9.17, 15) is 4.79 Å². The van der Waals surface area contributed by atoms with E-state index in [1.165, 1.54) is 82.6 Å². The van der Waals surface area contributed by atoms with Crippen LogP contribution < -0.4 is 5.32 Å². The maximum absolute atomic E-state index is 11.0. The Bertz CT molecular complexity index is 495. The highest BCUT2D eigenvalue weighted by molar-refractivity contribution is 5.83. The van der Waals surface area contributed by atoms with Crippen LogP contribution in [0.5, 0.6) is 0 Å². The lowest BCUT2D eigenvalue weighted by Gasteiger charge is -2.09. The molecule has 0 aliphatic heterocycles. The number of carbonyl (C=O) groups excluding carboxylic acids is 1. The first-order valence-electron chi connectivity index (χ1n) is 10.7. The minimum atomic E-state index is 0.742. The van der Waals surface area contributed by atoms with Crippen molar-refractivity contribution >= 4 is 12.0 Å².